The molecule has 152 valence electrons. The summed E-state index contributed by atoms with van der Waals surface area (Å²) in [6.45, 7) is 4.01. The van der Waals surface area contributed by atoms with Gasteiger partial charge in [0.2, 0.25) is 5.91 Å². The van der Waals surface area contributed by atoms with E-state index in [0.717, 1.165) is 5.56 Å². The fourth-order valence-electron chi connectivity index (χ4n) is 3.28. The van der Waals surface area contributed by atoms with Crippen molar-refractivity contribution in [1.29, 1.82) is 5.26 Å². The highest BCUT2D eigenvalue weighted by Gasteiger charge is 2.25. The smallest absolute Gasteiger partial charge is 0.219 e. The normalized spacial score (nSPS) is 13.8. The Morgan fingerprint density at radius 3 is 2.38 bits per heavy atom. The molecule has 1 fully saturated rings. The highest BCUT2D eigenvalue weighted by molar-refractivity contribution is 7.98. The van der Waals surface area contributed by atoms with Gasteiger partial charge in [-0.3, -0.25) is 4.79 Å². The lowest BCUT2D eigenvalue weighted by Crippen LogP contribution is -2.48. The third kappa shape index (κ3) is 4.22. The first-order valence-electron chi connectivity index (χ1n) is 9.11. The van der Waals surface area contributed by atoms with Crippen molar-refractivity contribution in [3.63, 3.8) is 0 Å². The summed E-state index contributed by atoms with van der Waals surface area (Å²) in [7, 11) is 3.15. The molecule has 1 aliphatic rings. The quantitative estimate of drug-likeness (QED) is 0.545. The summed E-state index contributed by atoms with van der Waals surface area (Å²) < 4.78 is 10.7. The van der Waals surface area contributed by atoms with E-state index in [0.29, 0.717) is 59.9 Å². The molecular formula is C20H23N5O3S. The van der Waals surface area contributed by atoms with Gasteiger partial charge >= 0.3 is 0 Å². The highest BCUT2D eigenvalue weighted by Crippen LogP contribution is 2.36. The summed E-state index contributed by atoms with van der Waals surface area (Å²) in [5.74, 6) is 1.83. The zero-order valence-corrected chi connectivity index (χ0v) is 17.7. The maximum Gasteiger partial charge on any atom is 0.219 e. The van der Waals surface area contributed by atoms with Crippen LogP contribution in [0.15, 0.2) is 23.4 Å². The van der Waals surface area contributed by atoms with Crippen molar-refractivity contribution in [1.82, 2.24) is 14.9 Å². The molecule has 0 aliphatic carbocycles. The van der Waals surface area contributed by atoms with Crippen LogP contribution in [-0.4, -0.2) is 67.4 Å². The van der Waals surface area contributed by atoms with E-state index in [1.165, 1.54) is 11.8 Å². The van der Waals surface area contributed by atoms with E-state index in [2.05, 4.69) is 16.0 Å². The van der Waals surface area contributed by atoms with E-state index >= 15 is 0 Å². The van der Waals surface area contributed by atoms with Gasteiger partial charge in [0.15, 0.2) is 22.5 Å². The predicted octanol–water partition coefficient (Wildman–Crippen LogP) is 2.42. The minimum Gasteiger partial charge on any atom is -0.493 e. The summed E-state index contributed by atoms with van der Waals surface area (Å²) in [5.41, 5.74) is 1.71. The number of amides is 1. The number of rotatable bonds is 5. The lowest BCUT2D eigenvalue weighted by atomic mass is 10.1. The van der Waals surface area contributed by atoms with Gasteiger partial charge in [-0.05, 0) is 24.5 Å². The summed E-state index contributed by atoms with van der Waals surface area (Å²) in [6, 6.07) is 7.74. The highest BCUT2D eigenvalue weighted by atomic mass is 32.2. The first-order chi connectivity index (χ1) is 14.0. The van der Waals surface area contributed by atoms with Crippen LogP contribution < -0.4 is 14.4 Å². The molecule has 3 rings (SSSR count). The Morgan fingerprint density at radius 2 is 1.83 bits per heavy atom. The lowest BCUT2D eigenvalue weighted by molar-refractivity contribution is -0.129. The van der Waals surface area contributed by atoms with E-state index in [4.69, 9.17) is 9.47 Å². The van der Waals surface area contributed by atoms with Crippen LogP contribution in [0.25, 0.3) is 11.3 Å². The molecule has 1 aromatic heterocycles. The standard InChI is InChI=1S/C20H23N5O3S/c1-13(26)24-7-9-25(10-8-24)19-15(12-21)18(22-20(23-19)29-4)14-5-6-16(27-2)17(11-14)28-3/h5-6,11H,7-10H2,1-4H3. The number of hydrogen-bond acceptors (Lipinski definition) is 8. The molecule has 0 radical (unpaired) electrons. The third-order valence-corrected chi connectivity index (χ3v) is 5.39. The number of ether oxygens (including phenoxy) is 2. The second-order valence-corrected chi connectivity index (χ2v) is 7.21. The molecule has 1 aromatic carbocycles. The predicted molar refractivity (Wildman–Crippen MR) is 112 cm³/mol. The second kappa shape index (κ2) is 9.01. The average molecular weight is 414 g/mol. The Morgan fingerprint density at radius 1 is 1.14 bits per heavy atom. The van der Waals surface area contributed by atoms with Crippen LogP contribution in [0.1, 0.15) is 12.5 Å². The van der Waals surface area contributed by atoms with Gasteiger partial charge in [0.25, 0.3) is 0 Å². The number of nitrogens with zero attached hydrogens (tertiary/aromatic N) is 5. The van der Waals surface area contributed by atoms with Gasteiger partial charge < -0.3 is 19.3 Å². The van der Waals surface area contributed by atoms with Gasteiger partial charge in [-0.2, -0.15) is 5.26 Å². The number of aromatic nitrogens is 2. The van der Waals surface area contributed by atoms with Crippen molar-refractivity contribution < 1.29 is 14.3 Å². The molecule has 0 atom stereocenters. The first-order valence-corrected chi connectivity index (χ1v) is 10.3. The topological polar surface area (TPSA) is 91.6 Å². The van der Waals surface area contributed by atoms with Crippen LogP contribution in [0, 0.1) is 11.3 Å². The van der Waals surface area contributed by atoms with E-state index < -0.39 is 0 Å². The number of anilines is 1. The van der Waals surface area contributed by atoms with Crippen LogP contribution in [0.2, 0.25) is 0 Å². The Balaban J connectivity index is 2.06. The van der Waals surface area contributed by atoms with Crippen LogP contribution in [-0.2, 0) is 4.79 Å². The van der Waals surface area contributed by atoms with E-state index in [1.54, 1.807) is 32.1 Å². The maximum atomic E-state index is 11.6. The minimum atomic E-state index is 0.0589. The molecule has 2 aromatic rings. The number of carbonyl (C=O) groups excluding carboxylic acids is 1. The minimum absolute atomic E-state index is 0.0589. The number of benzene rings is 1. The van der Waals surface area contributed by atoms with Crippen LogP contribution in [0.3, 0.4) is 0 Å². The van der Waals surface area contributed by atoms with Crippen molar-refractivity contribution in [2.24, 2.45) is 0 Å². The Labute approximate surface area is 174 Å². The van der Waals surface area contributed by atoms with Gasteiger partial charge in [-0.15, -0.1) is 0 Å². The Kier molecular flexibility index (Phi) is 6.44. The molecule has 0 spiro atoms. The van der Waals surface area contributed by atoms with E-state index in [1.807, 2.05) is 23.3 Å². The average Bonchev–Trinajstić information content (AvgIpc) is 2.77. The molecule has 1 amide bonds. The van der Waals surface area contributed by atoms with Crippen molar-refractivity contribution in [3.8, 4) is 28.8 Å². The molecule has 0 N–H and O–H groups in total. The van der Waals surface area contributed by atoms with E-state index in [-0.39, 0.29) is 5.91 Å². The number of methoxy groups -OCH3 is 2. The molecule has 0 bridgehead atoms. The molecular weight excluding hydrogens is 390 g/mol. The van der Waals surface area contributed by atoms with Gasteiger partial charge in [0.1, 0.15) is 11.6 Å². The van der Waals surface area contributed by atoms with Crippen molar-refractivity contribution in [2.75, 3.05) is 51.6 Å². The zero-order valence-electron chi connectivity index (χ0n) is 16.9. The van der Waals surface area contributed by atoms with Gasteiger partial charge in [-0.1, -0.05) is 11.8 Å². The number of carbonyl (C=O) groups is 1. The summed E-state index contributed by atoms with van der Waals surface area (Å²) in [6.07, 6.45) is 1.90. The molecule has 0 saturated carbocycles. The number of hydrogen-bond donors (Lipinski definition) is 0. The summed E-state index contributed by atoms with van der Waals surface area (Å²) in [5, 5.41) is 10.5. The Hall–Kier alpha value is -2.99. The monoisotopic (exact) mass is 413 g/mol. The number of piperazine rings is 1. The fraction of sp³-hybridized carbons (Fsp3) is 0.400. The van der Waals surface area contributed by atoms with Gasteiger partial charge in [0, 0.05) is 38.7 Å². The first kappa shape index (κ1) is 20.7. The molecule has 29 heavy (non-hydrogen) atoms. The molecule has 9 heteroatoms. The number of nitriles is 1. The molecule has 8 nitrogen and oxygen atoms in total. The third-order valence-electron chi connectivity index (χ3n) is 4.85. The van der Waals surface area contributed by atoms with Crippen LogP contribution in [0.4, 0.5) is 5.82 Å². The second-order valence-electron chi connectivity index (χ2n) is 6.43. The summed E-state index contributed by atoms with van der Waals surface area (Å²) in [4.78, 5) is 24.7. The molecule has 1 saturated heterocycles. The Bertz CT molecular complexity index is 952. The maximum absolute atomic E-state index is 11.6. The zero-order chi connectivity index (χ0) is 21.0. The van der Waals surface area contributed by atoms with Crippen molar-refractivity contribution >= 4 is 23.5 Å². The summed E-state index contributed by atoms with van der Waals surface area (Å²) >= 11 is 1.42. The molecule has 1 aliphatic heterocycles. The lowest BCUT2D eigenvalue weighted by Gasteiger charge is -2.35. The van der Waals surface area contributed by atoms with Gasteiger partial charge in [-0.25, -0.2) is 9.97 Å². The van der Waals surface area contributed by atoms with Crippen LogP contribution >= 0.6 is 11.8 Å². The molecule has 2 heterocycles. The SMILES string of the molecule is COc1ccc(-c2nc(SC)nc(N3CCN(C(C)=O)CC3)c2C#N)cc1OC. The van der Waals surface area contributed by atoms with Gasteiger partial charge in [0.05, 0.1) is 19.9 Å². The molecule has 0 unspecified atom stereocenters. The van der Waals surface area contributed by atoms with Crippen molar-refractivity contribution in [3.05, 3.63) is 23.8 Å². The largest absolute Gasteiger partial charge is 0.493 e. The van der Waals surface area contributed by atoms with Crippen LogP contribution in [0.5, 0.6) is 11.5 Å². The van der Waals surface area contributed by atoms with E-state index in [9.17, 15) is 10.1 Å². The number of thioether (sulfide) groups is 1. The fourth-order valence-corrected chi connectivity index (χ4v) is 3.64. The van der Waals surface area contributed by atoms with Crippen molar-refractivity contribution in [2.45, 2.75) is 12.1 Å².